The molecule has 0 aliphatic carbocycles. The van der Waals surface area contributed by atoms with Gasteiger partial charge in [-0.2, -0.15) is 0 Å². The Bertz CT molecular complexity index is 834. The van der Waals surface area contributed by atoms with E-state index in [4.69, 9.17) is 11.6 Å². The lowest BCUT2D eigenvalue weighted by Gasteiger charge is -2.12. The van der Waals surface area contributed by atoms with Gasteiger partial charge in [0.15, 0.2) is 15.8 Å². The quantitative estimate of drug-likeness (QED) is 0.427. The third kappa shape index (κ3) is 6.65. The molecular weight excluding hydrogens is 372 g/mol. The number of guanidine groups is 1. The van der Waals surface area contributed by atoms with E-state index in [1.807, 2.05) is 18.2 Å². The van der Waals surface area contributed by atoms with Gasteiger partial charge in [-0.3, -0.25) is 4.99 Å². The third-order valence-corrected chi connectivity index (χ3v) is 5.13. The minimum Gasteiger partial charge on any atom is -0.356 e. The summed E-state index contributed by atoms with van der Waals surface area (Å²) in [6, 6.07) is 10.7. The zero-order chi connectivity index (χ0) is 19.0. The zero-order valence-electron chi connectivity index (χ0n) is 14.9. The molecule has 0 saturated heterocycles. The van der Waals surface area contributed by atoms with Crippen molar-refractivity contribution < 1.29 is 8.42 Å². The number of aromatic nitrogens is 1. The molecule has 2 rings (SSSR count). The number of nitrogens with one attached hydrogen (secondary N) is 2. The van der Waals surface area contributed by atoms with Gasteiger partial charge in [0.25, 0.3) is 0 Å². The first kappa shape index (κ1) is 20.2. The van der Waals surface area contributed by atoms with Gasteiger partial charge in [-0.05, 0) is 42.2 Å². The second-order valence-corrected chi connectivity index (χ2v) is 8.23. The van der Waals surface area contributed by atoms with Crippen molar-refractivity contribution in [3.63, 3.8) is 0 Å². The van der Waals surface area contributed by atoms with E-state index in [0.717, 1.165) is 36.5 Å². The largest absolute Gasteiger partial charge is 0.356 e. The maximum Gasteiger partial charge on any atom is 0.190 e. The molecule has 0 bridgehead atoms. The Labute approximate surface area is 159 Å². The molecule has 0 spiro atoms. The number of benzene rings is 1. The number of hydrogen-bond donors (Lipinski definition) is 2. The maximum atomic E-state index is 11.5. The van der Waals surface area contributed by atoms with Crippen molar-refractivity contribution in [3.8, 4) is 0 Å². The normalized spacial score (nSPS) is 12.0. The van der Waals surface area contributed by atoms with Crippen LogP contribution in [0, 0.1) is 0 Å². The fraction of sp³-hybridized carbons (Fsp3) is 0.333. The summed E-state index contributed by atoms with van der Waals surface area (Å²) in [7, 11) is -1.43. The monoisotopic (exact) mass is 394 g/mol. The Kier molecular flexibility index (Phi) is 7.41. The van der Waals surface area contributed by atoms with Crippen LogP contribution in [0.5, 0.6) is 0 Å². The van der Waals surface area contributed by atoms with Gasteiger partial charge >= 0.3 is 0 Å². The Balaban J connectivity index is 1.74. The number of rotatable bonds is 7. The summed E-state index contributed by atoms with van der Waals surface area (Å²) in [5.41, 5.74) is 2.16. The van der Waals surface area contributed by atoms with Crippen molar-refractivity contribution in [1.82, 2.24) is 15.6 Å². The molecule has 0 fully saturated rings. The lowest BCUT2D eigenvalue weighted by Crippen LogP contribution is -2.39. The van der Waals surface area contributed by atoms with Crippen LogP contribution in [0.15, 0.2) is 52.5 Å². The molecule has 0 saturated carbocycles. The van der Waals surface area contributed by atoms with Gasteiger partial charge in [0.1, 0.15) is 5.15 Å². The van der Waals surface area contributed by atoms with Gasteiger partial charge in [0.2, 0.25) is 0 Å². The van der Waals surface area contributed by atoms with E-state index in [-0.39, 0.29) is 0 Å². The third-order valence-electron chi connectivity index (χ3n) is 3.78. The van der Waals surface area contributed by atoms with Gasteiger partial charge in [-0.15, -0.1) is 0 Å². The standard InChI is InChI=1S/C18H23ClN4O2S/c1-20-18(22-12-10-15-5-8-17(19)23-13-15)21-11-9-14-3-6-16(7-4-14)26(2,24)25/h3-8,13H,9-12H2,1-2H3,(H2,20,21,22). The zero-order valence-corrected chi connectivity index (χ0v) is 16.4. The van der Waals surface area contributed by atoms with E-state index in [2.05, 4.69) is 20.6 Å². The van der Waals surface area contributed by atoms with Crippen molar-refractivity contribution in [2.75, 3.05) is 26.4 Å². The highest BCUT2D eigenvalue weighted by atomic mass is 35.5. The number of halogens is 1. The van der Waals surface area contributed by atoms with Crippen LogP contribution in [-0.2, 0) is 22.7 Å². The highest BCUT2D eigenvalue weighted by Crippen LogP contribution is 2.10. The summed E-state index contributed by atoms with van der Waals surface area (Å²) >= 11 is 5.77. The van der Waals surface area contributed by atoms with E-state index in [1.54, 1.807) is 31.4 Å². The molecule has 0 atom stereocenters. The molecule has 1 heterocycles. The Morgan fingerprint density at radius 1 is 1.04 bits per heavy atom. The molecule has 0 aliphatic heterocycles. The molecule has 1 aromatic carbocycles. The van der Waals surface area contributed by atoms with Crippen molar-refractivity contribution >= 4 is 27.4 Å². The summed E-state index contributed by atoms with van der Waals surface area (Å²) in [6.45, 7) is 1.42. The molecular formula is C18H23ClN4O2S. The molecule has 0 radical (unpaired) electrons. The number of sulfone groups is 1. The molecule has 2 aromatic rings. The van der Waals surface area contributed by atoms with E-state index in [0.29, 0.717) is 16.6 Å². The number of pyridine rings is 1. The first-order chi connectivity index (χ1) is 12.4. The minimum atomic E-state index is -3.15. The van der Waals surface area contributed by atoms with Crippen LogP contribution in [0.2, 0.25) is 5.15 Å². The number of aliphatic imine (C=N–C) groups is 1. The Morgan fingerprint density at radius 2 is 1.62 bits per heavy atom. The minimum absolute atomic E-state index is 0.336. The van der Waals surface area contributed by atoms with Crippen molar-refractivity contribution in [1.29, 1.82) is 0 Å². The fourth-order valence-corrected chi connectivity index (χ4v) is 3.07. The van der Waals surface area contributed by atoms with Crippen LogP contribution in [0.4, 0.5) is 0 Å². The SMILES string of the molecule is CN=C(NCCc1ccc(S(C)(=O)=O)cc1)NCCc1ccc(Cl)nc1. The van der Waals surface area contributed by atoms with Crippen LogP contribution in [0.25, 0.3) is 0 Å². The number of nitrogens with zero attached hydrogens (tertiary/aromatic N) is 2. The molecule has 8 heteroatoms. The molecule has 26 heavy (non-hydrogen) atoms. The summed E-state index contributed by atoms with van der Waals surface area (Å²) < 4.78 is 22.9. The fourth-order valence-electron chi connectivity index (χ4n) is 2.33. The average molecular weight is 395 g/mol. The maximum absolute atomic E-state index is 11.5. The van der Waals surface area contributed by atoms with E-state index < -0.39 is 9.84 Å². The summed E-state index contributed by atoms with van der Waals surface area (Å²) in [5.74, 6) is 0.722. The van der Waals surface area contributed by atoms with E-state index >= 15 is 0 Å². The molecule has 2 N–H and O–H groups in total. The predicted octanol–water partition coefficient (Wildman–Crippen LogP) is 2.09. The summed E-state index contributed by atoms with van der Waals surface area (Å²) in [6.07, 6.45) is 4.56. The molecule has 140 valence electrons. The van der Waals surface area contributed by atoms with Crippen LogP contribution < -0.4 is 10.6 Å². The summed E-state index contributed by atoms with van der Waals surface area (Å²) in [4.78, 5) is 8.58. The second kappa shape index (κ2) is 9.54. The lowest BCUT2D eigenvalue weighted by molar-refractivity contribution is 0.602. The van der Waals surface area contributed by atoms with Crippen LogP contribution in [0.1, 0.15) is 11.1 Å². The van der Waals surface area contributed by atoms with E-state index in [1.165, 1.54) is 6.26 Å². The van der Waals surface area contributed by atoms with Gasteiger partial charge in [0, 0.05) is 32.6 Å². The average Bonchev–Trinajstić information content (AvgIpc) is 2.61. The molecule has 1 aromatic heterocycles. The molecule has 0 aliphatic rings. The first-order valence-electron chi connectivity index (χ1n) is 8.22. The van der Waals surface area contributed by atoms with Crippen molar-refractivity contribution in [2.24, 2.45) is 4.99 Å². The highest BCUT2D eigenvalue weighted by molar-refractivity contribution is 7.90. The van der Waals surface area contributed by atoms with Crippen LogP contribution in [0.3, 0.4) is 0 Å². The molecule has 0 amide bonds. The van der Waals surface area contributed by atoms with Gasteiger partial charge in [0.05, 0.1) is 4.90 Å². The van der Waals surface area contributed by atoms with Crippen molar-refractivity contribution in [3.05, 3.63) is 58.9 Å². The number of hydrogen-bond acceptors (Lipinski definition) is 4. The van der Waals surface area contributed by atoms with Gasteiger partial charge < -0.3 is 10.6 Å². The molecule has 0 unspecified atom stereocenters. The predicted molar refractivity (Wildman–Crippen MR) is 106 cm³/mol. The highest BCUT2D eigenvalue weighted by Gasteiger charge is 2.06. The smallest absolute Gasteiger partial charge is 0.190 e. The van der Waals surface area contributed by atoms with Gasteiger partial charge in [-0.1, -0.05) is 29.8 Å². The Hall–Kier alpha value is -2.12. The Morgan fingerprint density at radius 3 is 2.12 bits per heavy atom. The topological polar surface area (TPSA) is 83.5 Å². The van der Waals surface area contributed by atoms with E-state index in [9.17, 15) is 8.42 Å². The second-order valence-electron chi connectivity index (χ2n) is 5.83. The lowest BCUT2D eigenvalue weighted by atomic mass is 10.1. The molecule has 6 nitrogen and oxygen atoms in total. The summed E-state index contributed by atoms with van der Waals surface area (Å²) in [5, 5.41) is 6.98. The van der Waals surface area contributed by atoms with Crippen LogP contribution in [-0.4, -0.2) is 45.8 Å². The van der Waals surface area contributed by atoms with Crippen molar-refractivity contribution in [2.45, 2.75) is 17.7 Å². The first-order valence-corrected chi connectivity index (χ1v) is 10.5. The van der Waals surface area contributed by atoms with Gasteiger partial charge in [-0.25, -0.2) is 13.4 Å². The van der Waals surface area contributed by atoms with Crippen LogP contribution >= 0.6 is 11.6 Å².